The van der Waals surface area contributed by atoms with Gasteiger partial charge in [0.15, 0.2) is 0 Å². The van der Waals surface area contributed by atoms with E-state index in [1.54, 1.807) is 6.20 Å². The minimum atomic E-state index is -0.230. The normalized spacial score (nSPS) is 21.4. The molecular weight excluding hydrogens is 330 g/mol. The van der Waals surface area contributed by atoms with Gasteiger partial charge in [0.2, 0.25) is 0 Å². The number of rotatable bonds is 3. The maximum absolute atomic E-state index is 12.6. The summed E-state index contributed by atoms with van der Waals surface area (Å²) in [6.07, 6.45) is 1.73. The maximum atomic E-state index is 12.6. The molecule has 3 rings (SSSR count). The van der Waals surface area contributed by atoms with Crippen molar-refractivity contribution in [1.29, 1.82) is 0 Å². The van der Waals surface area contributed by atoms with E-state index in [0.29, 0.717) is 17.8 Å². The Hall–Kier alpha value is -1.46. The molecule has 23 heavy (non-hydrogen) atoms. The average molecular weight is 350 g/mol. The van der Waals surface area contributed by atoms with Crippen molar-refractivity contribution in [2.45, 2.75) is 31.7 Å². The number of thioether (sulfide) groups is 1. The molecule has 0 saturated carbocycles. The first-order valence-electron chi connectivity index (χ1n) is 7.75. The first kappa shape index (κ1) is 16.4. The lowest BCUT2D eigenvalue weighted by molar-refractivity contribution is 0.607. The summed E-state index contributed by atoms with van der Waals surface area (Å²) in [6, 6.07) is 10.1. The highest BCUT2D eigenvalue weighted by atomic mass is 35.5. The summed E-state index contributed by atoms with van der Waals surface area (Å²) in [5.41, 5.74) is 1.55. The predicted octanol–water partition coefficient (Wildman–Crippen LogP) is 3.28. The van der Waals surface area contributed by atoms with Crippen LogP contribution >= 0.6 is 23.4 Å². The van der Waals surface area contributed by atoms with Gasteiger partial charge in [-0.25, -0.2) is 4.68 Å². The van der Waals surface area contributed by atoms with Gasteiger partial charge in [-0.05, 0) is 12.5 Å². The molecule has 0 amide bonds. The molecule has 4 nitrogen and oxygen atoms in total. The van der Waals surface area contributed by atoms with E-state index in [0.717, 1.165) is 23.5 Å². The van der Waals surface area contributed by atoms with E-state index in [2.05, 4.69) is 23.8 Å². The van der Waals surface area contributed by atoms with Crippen molar-refractivity contribution in [1.82, 2.24) is 9.78 Å². The van der Waals surface area contributed by atoms with Gasteiger partial charge >= 0.3 is 0 Å². The van der Waals surface area contributed by atoms with Crippen LogP contribution in [0.4, 0.5) is 5.69 Å². The Bertz CT molecular complexity index is 734. The van der Waals surface area contributed by atoms with E-state index in [-0.39, 0.29) is 10.6 Å². The Labute approximate surface area is 145 Å². The minimum Gasteiger partial charge on any atom is -0.364 e. The molecule has 2 heterocycles. The van der Waals surface area contributed by atoms with Crippen molar-refractivity contribution in [3.63, 3.8) is 0 Å². The smallest absolute Gasteiger partial charge is 0.287 e. The molecular formula is C17H20ClN3OS. The molecule has 1 aliphatic heterocycles. The van der Waals surface area contributed by atoms with E-state index in [1.807, 2.05) is 42.1 Å². The molecule has 122 valence electrons. The highest BCUT2D eigenvalue weighted by Crippen LogP contribution is 2.31. The summed E-state index contributed by atoms with van der Waals surface area (Å²) in [4.78, 5) is 14.8. The van der Waals surface area contributed by atoms with Gasteiger partial charge in [0.25, 0.3) is 5.56 Å². The molecule has 6 heteroatoms. The summed E-state index contributed by atoms with van der Waals surface area (Å²) in [7, 11) is 0. The van der Waals surface area contributed by atoms with Crippen LogP contribution in [0.5, 0.6) is 0 Å². The highest BCUT2D eigenvalue weighted by Gasteiger charge is 2.28. The fourth-order valence-corrected chi connectivity index (χ4v) is 4.15. The quantitative estimate of drug-likeness (QED) is 0.852. The second kappa shape index (κ2) is 6.97. The molecule has 0 N–H and O–H groups in total. The lowest BCUT2D eigenvalue weighted by atomic mass is 10.2. The van der Waals surface area contributed by atoms with Crippen LogP contribution in [0.25, 0.3) is 0 Å². The van der Waals surface area contributed by atoms with Crippen LogP contribution in [0.3, 0.4) is 0 Å². The highest BCUT2D eigenvalue weighted by molar-refractivity contribution is 8.00. The molecule has 2 atom stereocenters. The Kier molecular flexibility index (Phi) is 4.97. The van der Waals surface area contributed by atoms with E-state index in [1.165, 1.54) is 4.68 Å². The van der Waals surface area contributed by atoms with Crippen LogP contribution in [-0.4, -0.2) is 33.4 Å². The van der Waals surface area contributed by atoms with E-state index < -0.39 is 0 Å². The van der Waals surface area contributed by atoms with Gasteiger partial charge in [0.1, 0.15) is 5.02 Å². The topological polar surface area (TPSA) is 38.1 Å². The summed E-state index contributed by atoms with van der Waals surface area (Å²) in [6.45, 7) is 5.70. The van der Waals surface area contributed by atoms with Crippen molar-refractivity contribution in [3.8, 4) is 0 Å². The maximum Gasteiger partial charge on any atom is 0.287 e. The van der Waals surface area contributed by atoms with Crippen molar-refractivity contribution in [2.75, 3.05) is 17.2 Å². The van der Waals surface area contributed by atoms with Gasteiger partial charge < -0.3 is 4.90 Å². The Morgan fingerprint density at radius 2 is 2.04 bits per heavy atom. The fourth-order valence-electron chi connectivity index (χ4n) is 2.80. The second-order valence-electron chi connectivity index (χ2n) is 5.80. The molecule has 1 aromatic heterocycles. The Balaban J connectivity index is 1.90. The average Bonchev–Trinajstić information content (AvgIpc) is 2.56. The third kappa shape index (κ3) is 3.40. The number of anilines is 1. The van der Waals surface area contributed by atoms with Gasteiger partial charge in [-0.2, -0.15) is 16.9 Å². The third-order valence-electron chi connectivity index (χ3n) is 4.33. The van der Waals surface area contributed by atoms with Crippen LogP contribution in [0.2, 0.25) is 5.02 Å². The summed E-state index contributed by atoms with van der Waals surface area (Å²) in [5.74, 6) is 1.04. The summed E-state index contributed by atoms with van der Waals surface area (Å²) in [5, 5.41) is 5.11. The van der Waals surface area contributed by atoms with Crippen molar-refractivity contribution >= 4 is 29.1 Å². The number of aromatic nitrogens is 2. The van der Waals surface area contributed by atoms with Crippen LogP contribution in [-0.2, 0) is 6.54 Å². The van der Waals surface area contributed by atoms with Crippen molar-refractivity contribution < 1.29 is 0 Å². The van der Waals surface area contributed by atoms with E-state index in [4.69, 9.17) is 11.6 Å². The largest absolute Gasteiger partial charge is 0.364 e. The van der Waals surface area contributed by atoms with Gasteiger partial charge in [-0.1, -0.05) is 48.9 Å². The number of halogens is 1. The lowest BCUT2D eigenvalue weighted by Gasteiger charge is -2.39. The zero-order chi connectivity index (χ0) is 16.4. The Morgan fingerprint density at radius 1 is 1.30 bits per heavy atom. The van der Waals surface area contributed by atoms with Crippen molar-refractivity contribution in [3.05, 3.63) is 57.5 Å². The monoisotopic (exact) mass is 349 g/mol. The van der Waals surface area contributed by atoms with Crippen LogP contribution < -0.4 is 10.5 Å². The molecule has 0 radical (unpaired) electrons. The molecule has 0 spiro atoms. The van der Waals surface area contributed by atoms with E-state index in [9.17, 15) is 4.79 Å². The van der Waals surface area contributed by atoms with Crippen LogP contribution in [0.15, 0.2) is 41.3 Å². The number of hydrogen-bond donors (Lipinski definition) is 0. The SMILES string of the molecule is CC1SCCN(c2cnn(Cc3ccccc3)c(=O)c2Cl)C1C. The minimum absolute atomic E-state index is 0.230. The van der Waals surface area contributed by atoms with Gasteiger partial charge in [0.05, 0.1) is 18.4 Å². The Morgan fingerprint density at radius 3 is 2.78 bits per heavy atom. The van der Waals surface area contributed by atoms with E-state index >= 15 is 0 Å². The van der Waals surface area contributed by atoms with Crippen LogP contribution in [0, 0.1) is 0 Å². The first-order valence-corrected chi connectivity index (χ1v) is 9.18. The van der Waals surface area contributed by atoms with Crippen molar-refractivity contribution in [2.24, 2.45) is 0 Å². The molecule has 1 aromatic carbocycles. The molecule has 2 unspecified atom stereocenters. The van der Waals surface area contributed by atoms with Gasteiger partial charge in [0, 0.05) is 23.6 Å². The number of hydrogen-bond acceptors (Lipinski definition) is 4. The van der Waals surface area contributed by atoms with Crippen LogP contribution in [0.1, 0.15) is 19.4 Å². The fraction of sp³-hybridized carbons (Fsp3) is 0.412. The second-order valence-corrected chi connectivity index (χ2v) is 7.67. The molecule has 1 saturated heterocycles. The van der Waals surface area contributed by atoms with Gasteiger partial charge in [-0.3, -0.25) is 4.79 Å². The molecule has 0 aliphatic carbocycles. The third-order valence-corrected chi connectivity index (χ3v) is 6.03. The molecule has 0 bridgehead atoms. The first-order chi connectivity index (χ1) is 11.1. The zero-order valence-electron chi connectivity index (χ0n) is 13.3. The zero-order valence-corrected chi connectivity index (χ0v) is 14.8. The summed E-state index contributed by atoms with van der Waals surface area (Å²) < 4.78 is 1.42. The lowest BCUT2D eigenvalue weighted by Crippen LogP contribution is -2.45. The van der Waals surface area contributed by atoms with Gasteiger partial charge in [-0.15, -0.1) is 0 Å². The summed E-state index contributed by atoms with van der Waals surface area (Å²) >= 11 is 8.34. The number of benzene rings is 1. The molecule has 1 fully saturated rings. The molecule has 2 aromatic rings. The standard InChI is InChI=1S/C17H20ClN3OS/c1-12-13(2)23-9-8-20(12)15-10-19-21(17(22)16(15)18)11-14-6-4-3-5-7-14/h3-7,10,12-13H,8-9,11H2,1-2H3. The predicted molar refractivity (Wildman–Crippen MR) is 97.8 cm³/mol. The molecule has 1 aliphatic rings. The number of nitrogens with zero attached hydrogens (tertiary/aromatic N) is 3.